The summed E-state index contributed by atoms with van der Waals surface area (Å²) < 4.78 is 5.12. The molecule has 4 heteroatoms. The van der Waals surface area contributed by atoms with Crippen LogP contribution in [0.2, 0.25) is 0 Å². The number of benzene rings is 1. The molecule has 4 nitrogen and oxygen atoms in total. The first-order chi connectivity index (χ1) is 8.49. The van der Waals surface area contributed by atoms with Gasteiger partial charge in [-0.3, -0.25) is 4.79 Å². The van der Waals surface area contributed by atoms with Crippen molar-refractivity contribution in [1.29, 1.82) is 0 Å². The van der Waals surface area contributed by atoms with Crippen molar-refractivity contribution in [2.24, 2.45) is 0 Å². The van der Waals surface area contributed by atoms with Crippen molar-refractivity contribution < 1.29 is 9.53 Å². The van der Waals surface area contributed by atoms with Crippen LogP contribution in [0.3, 0.4) is 0 Å². The van der Waals surface area contributed by atoms with Gasteiger partial charge in [0, 0.05) is 32.6 Å². The number of nitrogens with one attached hydrogen (secondary N) is 1. The third-order valence-corrected chi connectivity index (χ3v) is 2.93. The van der Waals surface area contributed by atoms with Crippen LogP contribution in [0.5, 0.6) is 0 Å². The Hall–Kier alpha value is -1.55. The van der Waals surface area contributed by atoms with E-state index in [0.717, 1.165) is 16.9 Å². The van der Waals surface area contributed by atoms with Gasteiger partial charge in [0.15, 0.2) is 0 Å². The summed E-state index contributed by atoms with van der Waals surface area (Å²) in [6.45, 7) is 3.91. The summed E-state index contributed by atoms with van der Waals surface area (Å²) in [5.74, 6) is -0.0966. The van der Waals surface area contributed by atoms with Gasteiger partial charge in [0.2, 0.25) is 0 Å². The van der Waals surface area contributed by atoms with Gasteiger partial charge in [0.1, 0.15) is 6.10 Å². The van der Waals surface area contributed by atoms with E-state index in [4.69, 9.17) is 4.74 Å². The average molecular weight is 250 g/mol. The lowest BCUT2D eigenvalue weighted by molar-refractivity contribution is -0.125. The number of rotatable bonds is 5. The molecular weight excluding hydrogens is 228 g/mol. The standard InChI is InChI=1S/C14H22N2O2/c1-6-13(18-5)14(17)15-12-8-7-11(16(3)4)9-10(12)2/h7-9,13H,6H2,1-5H3,(H,15,17)/t13-/m0/s1. The molecule has 1 rings (SSSR count). The van der Waals surface area contributed by atoms with Crippen molar-refractivity contribution in [1.82, 2.24) is 0 Å². The molecule has 0 radical (unpaired) electrons. The Labute approximate surface area is 109 Å². The van der Waals surface area contributed by atoms with Gasteiger partial charge in [-0.15, -0.1) is 0 Å². The lowest BCUT2D eigenvalue weighted by Gasteiger charge is -2.17. The van der Waals surface area contributed by atoms with E-state index in [1.807, 2.05) is 51.0 Å². The van der Waals surface area contributed by atoms with Gasteiger partial charge in [-0.05, 0) is 37.1 Å². The van der Waals surface area contributed by atoms with E-state index in [1.54, 1.807) is 7.11 Å². The lowest BCUT2D eigenvalue weighted by Crippen LogP contribution is -2.29. The first-order valence-electron chi connectivity index (χ1n) is 6.11. The Balaban J connectivity index is 2.82. The van der Waals surface area contributed by atoms with Gasteiger partial charge >= 0.3 is 0 Å². The Kier molecular flexibility index (Phi) is 5.16. The van der Waals surface area contributed by atoms with Crippen LogP contribution in [0.4, 0.5) is 11.4 Å². The van der Waals surface area contributed by atoms with Crippen molar-refractivity contribution in [3.63, 3.8) is 0 Å². The number of hydrogen-bond acceptors (Lipinski definition) is 3. The molecule has 0 aliphatic rings. The summed E-state index contributed by atoms with van der Waals surface area (Å²) in [6.07, 6.45) is 0.273. The van der Waals surface area contributed by atoms with Gasteiger partial charge < -0.3 is 15.0 Å². The molecule has 100 valence electrons. The minimum absolute atomic E-state index is 0.0966. The van der Waals surface area contributed by atoms with Crippen LogP contribution in [-0.4, -0.2) is 33.2 Å². The smallest absolute Gasteiger partial charge is 0.253 e. The van der Waals surface area contributed by atoms with E-state index in [0.29, 0.717) is 6.42 Å². The highest BCUT2D eigenvalue weighted by Gasteiger charge is 2.16. The molecule has 18 heavy (non-hydrogen) atoms. The van der Waals surface area contributed by atoms with E-state index in [1.165, 1.54) is 0 Å². The molecular formula is C14H22N2O2. The first kappa shape index (κ1) is 14.5. The molecule has 0 unspecified atom stereocenters. The van der Waals surface area contributed by atoms with Crippen LogP contribution in [0.15, 0.2) is 18.2 Å². The monoisotopic (exact) mass is 250 g/mol. The fraction of sp³-hybridized carbons (Fsp3) is 0.500. The zero-order valence-electron chi connectivity index (χ0n) is 11.8. The zero-order chi connectivity index (χ0) is 13.7. The highest BCUT2D eigenvalue weighted by Crippen LogP contribution is 2.21. The van der Waals surface area contributed by atoms with Crippen LogP contribution in [-0.2, 0) is 9.53 Å². The maximum Gasteiger partial charge on any atom is 0.253 e. The second kappa shape index (κ2) is 6.40. The summed E-state index contributed by atoms with van der Waals surface area (Å²) in [5, 5.41) is 2.90. The minimum Gasteiger partial charge on any atom is -0.378 e. The molecule has 0 heterocycles. The van der Waals surface area contributed by atoms with Crippen molar-refractivity contribution >= 4 is 17.3 Å². The molecule has 1 atom stereocenters. The maximum atomic E-state index is 11.9. The summed E-state index contributed by atoms with van der Waals surface area (Å²) in [7, 11) is 5.53. The van der Waals surface area contributed by atoms with Gasteiger partial charge in [0.05, 0.1) is 0 Å². The van der Waals surface area contributed by atoms with Crippen LogP contribution >= 0.6 is 0 Å². The lowest BCUT2D eigenvalue weighted by atomic mass is 10.1. The van der Waals surface area contributed by atoms with E-state index in [-0.39, 0.29) is 5.91 Å². The summed E-state index contributed by atoms with van der Waals surface area (Å²) in [4.78, 5) is 13.9. The average Bonchev–Trinajstić information content (AvgIpc) is 2.33. The number of amides is 1. The van der Waals surface area contributed by atoms with E-state index >= 15 is 0 Å². The van der Waals surface area contributed by atoms with Crippen molar-refractivity contribution in [3.8, 4) is 0 Å². The third-order valence-electron chi connectivity index (χ3n) is 2.93. The van der Waals surface area contributed by atoms with Crippen LogP contribution in [0.1, 0.15) is 18.9 Å². The summed E-state index contributed by atoms with van der Waals surface area (Å²) in [6, 6.07) is 5.95. The van der Waals surface area contributed by atoms with Crippen LogP contribution in [0, 0.1) is 6.92 Å². The molecule has 1 amide bonds. The Morgan fingerprint density at radius 1 is 1.44 bits per heavy atom. The van der Waals surface area contributed by atoms with E-state index in [9.17, 15) is 4.79 Å². The number of carbonyl (C=O) groups is 1. The normalized spacial score (nSPS) is 12.1. The number of methoxy groups -OCH3 is 1. The van der Waals surface area contributed by atoms with Crippen molar-refractivity contribution in [2.75, 3.05) is 31.4 Å². The Morgan fingerprint density at radius 3 is 2.56 bits per heavy atom. The minimum atomic E-state index is -0.391. The molecule has 0 saturated carbocycles. The second-order valence-electron chi connectivity index (χ2n) is 4.52. The number of aryl methyl sites for hydroxylation is 1. The van der Waals surface area contributed by atoms with Crippen LogP contribution in [0.25, 0.3) is 0 Å². The SMILES string of the molecule is CC[C@H](OC)C(=O)Nc1ccc(N(C)C)cc1C. The molecule has 1 aromatic rings. The van der Waals surface area contributed by atoms with Gasteiger partial charge in [-0.25, -0.2) is 0 Å². The fourth-order valence-electron chi connectivity index (χ4n) is 1.74. The molecule has 0 aliphatic heterocycles. The number of nitrogens with zero attached hydrogens (tertiary/aromatic N) is 1. The first-order valence-corrected chi connectivity index (χ1v) is 6.11. The Bertz CT molecular complexity index is 412. The summed E-state index contributed by atoms with van der Waals surface area (Å²) >= 11 is 0. The fourth-order valence-corrected chi connectivity index (χ4v) is 1.74. The predicted octanol–water partition coefficient (Wildman–Crippen LogP) is 2.42. The second-order valence-corrected chi connectivity index (χ2v) is 4.52. The van der Waals surface area contributed by atoms with Crippen molar-refractivity contribution in [2.45, 2.75) is 26.4 Å². The number of carbonyl (C=O) groups excluding carboxylic acids is 1. The quantitative estimate of drug-likeness (QED) is 0.872. The van der Waals surface area contributed by atoms with Crippen LogP contribution < -0.4 is 10.2 Å². The zero-order valence-corrected chi connectivity index (χ0v) is 11.8. The van der Waals surface area contributed by atoms with Gasteiger partial charge in [0.25, 0.3) is 5.91 Å². The number of anilines is 2. The Morgan fingerprint density at radius 2 is 2.11 bits per heavy atom. The van der Waals surface area contributed by atoms with Crippen molar-refractivity contribution in [3.05, 3.63) is 23.8 Å². The summed E-state index contributed by atoms with van der Waals surface area (Å²) in [5.41, 5.74) is 2.99. The van der Waals surface area contributed by atoms with Gasteiger partial charge in [-0.1, -0.05) is 6.92 Å². The third kappa shape index (κ3) is 3.47. The topological polar surface area (TPSA) is 41.6 Å². The predicted molar refractivity (Wildman–Crippen MR) is 75.2 cm³/mol. The molecule has 0 fully saturated rings. The molecule has 0 bridgehead atoms. The number of ether oxygens (including phenoxy) is 1. The molecule has 0 spiro atoms. The number of hydrogen-bond donors (Lipinski definition) is 1. The molecule has 1 N–H and O–H groups in total. The highest BCUT2D eigenvalue weighted by molar-refractivity contribution is 5.95. The van der Waals surface area contributed by atoms with E-state index in [2.05, 4.69) is 5.32 Å². The maximum absolute atomic E-state index is 11.9. The molecule has 0 saturated heterocycles. The largest absolute Gasteiger partial charge is 0.378 e. The molecule has 1 aromatic carbocycles. The highest BCUT2D eigenvalue weighted by atomic mass is 16.5. The molecule has 0 aliphatic carbocycles. The molecule has 0 aromatic heterocycles. The van der Waals surface area contributed by atoms with Gasteiger partial charge in [-0.2, -0.15) is 0 Å². The van der Waals surface area contributed by atoms with E-state index < -0.39 is 6.10 Å².